The van der Waals surface area contributed by atoms with Crippen molar-refractivity contribution < 1.29 is 18.7 Å². The number of carbonyl (C=O) groups excluding carboxylic acids is 1. The van der Waals surface area contributed by atoms with Gasteiger partial charge in [0, 0.05) is 50.3 Å². The van der Waals surface area contributed by atoms with Crippen LogP contribution in [0.2, 0.25) is 0 Å². The van der Waals surface area contributed by atoms with E-state index < -0.39 is 0 Å². The topological polar surface area (TPSA) is 75.7 Å². The SMILES string of the molecule is CC(=O)NCCCNC1CC2(CCC2)Oc2c1cc(CC(C)(C)C)nc2N1CCOCC1.Cc1ccc(F)cc1. The molecule has 7 nitrogen and oxygen atoms in total. The van der Waals surface area contributed by atoms with Gasteiger partial charge in [-0.25, -0.2) is 9.37 Å². The van der Waals surface area contributed by atoms with Crippen molar-refractivity contribution in [2.75, 3.05) is 44.3 Å². The third-order valence-electron chi connectivity index (χ3n) is 7.72. The molecule has 1 unspecified atom stereocenters. The number of amides is 1. The number of pyridine rings is 1. The normalized spacial score (nSPS) is 19.6. The first kappa shape index (κ1) is 30.3. The number of fused-ring (bicyclic) bond motifs is 1. The second-order valence-corrected chi connectivity index (χ2v) is 12.7. The van der Waals surface area contributed by atoms with Crippen LogP contribution in [-0.4, -0.2) is 55.9 Å². The highest BCUT2D eigenvalue weighted by Gasteiger charge is 2.47. The van der Waals surface area contributed by atoms with Gasteiger partial charge in [-0.3, -0.25) is 4.79 Å². The third kappa shape index (κ3) is 8.40. The molecular weight excluding hydrogens is 507 g/mol. The summed E-state index contributed by atoms with van der Waals surface area (Å²) in [7, 11) is 0. The van der Waals surface area contributed by atoms with Crippen LogP contribution in [0.15, 0.2) is 30.3 Å². The molecule has 220 valence electrons. The second-order valence-electron chi connectivity index (χ2n) is 12.7. The summed E-state index contributed by atoms with van der Waals surface area (Å²) in [5, 5.41) is 6.69. The van der Waals surface area contributed by atoms with Crippen LogP contribution < -0.4 is 20.3 Å². The van der Waals surface area contributed by atoms with Crippen LogP contribution in [0.1, 0.15) is 82.7 Å². The predicted molar refractivity (Wildman–Crippen MR) is 157 cm³/mol. The number of rotatable bonds is 7. The molecule has 2 fully saturated rings. The number of nitrogens with zero attached hydrogens (tertiary/aromatic N) is 2. The van der Waals surface area contributed by atoms with Gasteiger partial charge < -0.3 is 25.0 Å². The van der Waals surface area contributed by atoms with Gasteiger partial charge in [0.15, 0.2) is 11.6 Å². The molecule has 2 aromatic rings. The number of morpholine rings is 1. The fraction of sp³-hybridized carbons (Fsp3) is 0.625. The molecule has 1 saturated heterocycles. The van der Waals surface area contributed by atoms with Crippen molar-refractivity contribution in [3.05, 3.63) is 53.0 Å². The Bertz CT molecular complexity index is 1100. The molecule has 1 saturated carbocycles. The molecule has 1 atom stereocenters. The van der Waals surface area contributed by atoms with Crippen molar-refractivity contribution in [1.29, 1.82) is 0 Å². The fourth-order valence-electron chi connectivity index (χ4n) is 5.54. The van der Waals surface area contributed by atoms with E-state index in [4.69, 9.17) is 14.5 Å². The van der Waals surface area contributed by atoms with Crippen molar-refractivity contribution in [2.24, 2.45) is 5.41 Å². The average molecular weight is 555 g/mol. The zero-order valence-corrected chi connectivity index (χ0v) is 24.9. The summed E-state index contributed by atoms with van der Waals surface area (Å²) in [6.45, 7) is 15.0. The molecule has 1 aliphatic carbocycles. The maximum Gasteiger partial charge on any atom is 0.216 e. The summed E-state index contributed by atoms with van der Waals surface area (Å²) < 4.78 is 24.5. The Hall–Kier alpha value is -2.71. The summed E-state index contributed by atoms with van der Waals surface area (Å²) in [4.78, 5) is 18.7. The molecule has 0 radical (unpaired) electrons. The first-order valence-electron chi connectivity index (χ1n) is 14.8. The number of nitrogens with one attached hydrogen (secondary N) is 2. The summed E-state index contributed by atoms with van der Waals surface area (Å²) in [6.07, 6.45) is 6.30. The quantitative estimate of drug-likeness (QED) is 0.440. The monoisotopic (exact) mass is 554 g/mol. The maximum absolute atomic E-state index is 12.1. The number of anilines is 1. The van der Waals surface area contributed by atoms with Gasteiger partial charge in [0.05, 0.1) is 13.2 Å². The Labute approximate surface area is 239 Å². The molecular formula is C32H47FN4O3. The zero-order valence-electron chi connectivity index (χ0n) is 24.9. The number of ether oxygens (including phenoxy) is 2. The molecule has 40 heavy (non-hydrogen) atoms. The van der Waals surface area contributed by atoms with E-state index in [2.05, 4.69) is 42.4 Å². The van der Waals surface area contributed by atoms with Crippen LogP contribution in [0.4, 0.5) is 10.2 Å². The first-order chi connectivity index (χ1) is 19.0. The minimum Gasteiger partial charge on any atom is -0.483 e. The van der Waals surface area contributed by atoms with Crippen LogP contribution >= 0.6 is 0 Å². The average Bonchev–Trinajstić information content (AvgIpc) is 2.88. The van der Waals surface area contributed by atoms with E-state index >= 15 is 0 Å². The van der Waals surface area contributed by atoms with Gasteiger partial charge in [-0.05, 0) is 69.2 Å². The molecule has 2 aliphatic heterocycles. The smallest absolute Gasteiger partial charge is 0.216 e. The standard InChI is InChI=1S/C25H40N4O3.C7H7F/c1-18(30)26-9-6-10-27-21-17-25(7-5-8-25)32-22-20(21)15-19(16-24(2,3)4)28-23(22)29-11-13-31-14-12-29;1-6-2-4-7(8)5-3-6/h15,21,27H,5-14,16-17H2,1-4H3,(H,26,30);2-5H,1H3. The lowest BCUT2D eigenvalue weighted by molar-refractivity contribution is -0.118. The zero-order chi connectivity index (χ0) is 28.8. The summed E-state index contributed by atoms with van der Waals surface area (Å²) in [5.41, 5.74) is 3.58. The van der Waals surface area contributed by atoms with Crippen LogP contribution in [0.25, 0.3) is 0 Å². The van der Waals surface area contributed by atoms with Crippen molar-refractivity contribution >= 4 is 11.7 Å². The summed E-state index contributed by atoms with van der Waals surface area (Å²) in [6, 6.07) is 8.93. The van der Waals surface area contributed by atoms with E-state index in [9.17, 15) is 9.18 Å². The Morgan fingerprint density at radius 3 is 2.42 bits per heavy atom. The van der Waals surface area contributed by atoms with Gasteiger partial charge in [-0.1, -0.05) is 38.5 Å². The van der Waals surface area contributed by atoms with Crippen LogP contribution in [0.5, 0.6) is 5.75 Å². The number of hydrogen-bond acceptors (Lipinski definition) is 6. The highest BCUT2D eigenvalue weighted by atomic mass is 19.1. The van der Waals surface area contributed by atoms with Gasteiger partial charge >= 0.3 is 0 Å². The highest BCUT2D eigenvalue weighted by Crippen LogP contribution is 2.51. The van der Waals surface area contributed by atoms with Gasteiger partial charge in [0.25, 0.3) is 0 Å². The minimum absolute atomic E-state index is 0.0304. The Kier molecular flexibility index (Phi) is 10.1. The van der Waals surface area contributed by atoms with E-state index in [1.165, 1.54) is 24.1 Å². The van der Waals surface area contributed by atoms with Gasteiger partial charge in [0.2, 0.25) is 5.91 Å². The van der Waals surface area contributed by atoms with E-state index in [1.807, 2.05) is 6.92 Å². The first-order valence-corrected chi connectivity index (χ1v) is 14.8. The van der Waals surface area contributed by atoms with E-state index in [0.717, 1.165) is 87.8 Å². The van der Waals surface area contributed by atoms with Crippen LogP contribution in [0, 0.1) is 18.2 Å². The summed E-state index contributed by atoms with van der Waals surface area (Å²) >= 11 is 0. The largest absolute Gasteiger partial charge is 0.483 e. The predicted octanol–water partition coefficient (Wildman–Crippen LogP) is 5.50. The third-order valence-corrected chi connectivity index (χ3v) is 7.72. The Morgan fingerprint density at radius 2 is 1.85 bits per heavy atom. The Balaban J connectivity index is 0.000000398. The number of hydrogen-bond donors (Lipinski definition) is 2. The lowest BCUT2D eigenvalue weighted by Gasteiger charge is -2.49. The van der Waals surface area contributed by atoms with E-state index in [1.54, 1.807) is 19.1 Å². The lowest BCUT2D eigenvalue weighted by Crippen LogP contribution is -2.50. The number of aryl methyl sites for hydroxylation is 1. The van der Waals surface area contributed by atoms with E-state index in [-0.39, 0.29) is 28.8 Å². The maximum atomic E-state index is 12.1. The molecule has 0 bridgehead atoms. The van der Waals surface area contributed by atoms with Gasteiger partial charge in [0.1, 0.15) is 11.4 Å². The molecule has 1 spiro atoms. The van der Waals surface area contributed by atoms with Gasteiger partial charge in [-0.2, -0.15) is 0 Å². The second kappa shape index (κ2) is 13.3. The number of benzene rings is 1. The van der Waals surface area contributed by atoms with Crippen molar-refractivity contribution in [3.63, 3.8) is 0 Å². The Morgan fingerprint density at radius 1 is 1.15 bits per heavy atom. The molecule has 3 aliphatic rings. The number of carbonyl (C=O) groups is 1. The molecule has 8 heteroatoms. The molecule has 5 rings (SSSR count). The lowest BCUT2D eigenvalue weighted by atomic mass is 9.72. The molecule has 2 N–H and O–H groups in total. The fourth-order valence-corrected chi connectivity index (χ4v) is 5.54. The highest BCUT2D eigenvalue weighted by molar-refractivity contribution is 5.72. The van der Waals surface area contributed by atoms with Crippen molar-refractivity contribution in [2.45, 2.75) is 84.8 Å². The van der Waals surface area contributed by atoms with E-state index in [0.29, 0.717) is 6.54 Å². The minimum atomic E-state index is -0.171. The van der Waals surface area contributed by atoms with Crippen molar-refractivity contribution in [3.8, 4) is 5.75 Å². The summed E-state index contributed by atoms with van der Waals surface area (Å²) in [5.74, 6) is 1.84. The van der Waals surface area contributed by atoms with Crippen LogP contribution in [-0.2, 0) is 16.0 Å². The van der Waals surface area contributed by atoms with Crippen molar-refractivity contribution in [1.82, 2.24) is 15.6 Å². The van der Waals surface area contributed by atoms with Gasteiger partial charge in [-0.15, -0.1) is 0 Å². The number of aromatic nitrogens is 1. The number of halogens is 1. The molecule has 3 heterocycles. The molecule has 1 aromatic carbocycles. The molecule has 1 aromatic heterocycles. The molecule has 1 amide bonds. The van der Waals surface area contributed by atoms with Crippen LogP contribution in [0.3, 0.4) is 0 Å².